The van der Waals surface area contributed by atoms with Crippen molar-refractivity contribution in [2.45, 2.75) is 19.4 Å². The van der Waals surface area contributed by atoms with Crippen LogP contribution >= 0.6 is 0 Å². The number of nitrogens with two attached hydrogens (primary N) is 1. The highest BCUT2D eigenvalue weighted by Gasteiger charge is 2.34. The zero-order chi connectivity index (χ0) is 12.8. The summed E-state index contributed by atoms with van der Waals surface area (Å²) in [5.74, 6) is 6.74. The van der Waals surface area contributed by atoms with Crippen molar-refractivity contribution in [2.24, 2.45) is 5.84 Å². The Bertz CT molecular complexity index is 610. The van der Waals surface area contributed by atoms with E-state index >= 15 is 0 Å². The van der Waals surface area contributed by atoms with Crippen LogP contribution in [0.25, 0.3) is 11.3 Å². The number of nitrogens with zero attached hydrogens (tertiary/aromatic N) is 2. The maximum Gasteiger partial charge on any atom is 0.163 e. The first-order valence-corrected chi connectivity index (χ1v) is 5.75. The topological polar surface area (TPSA) is 73.1 Å². The van der Waals surface area contributed by atoms with Crippen LogP contribution in [0.4, 0.5) is 5.82 Å². The molecule has 0 amide bonds. The van der Waals surface area contributed by atoms with Crippen molar-refractivity contribution in [1.82, 2.24) is 10.2 Å². The number of hydrogen-bond donors (Lipinski definition) is 2. The number of anilines is 1. The van der Waals surface area contributed by atoms with E-state index in [-0.39, 0.29) is 0 Å². The molecular weight excluding hydrogens is 228 g/mol. The second-order valence-corrected chi connectivity index (χ2v) is 4.74. The molecule has 92 valence electrons. The molecular formula is C13H14N4O. The molecule has 2 aromatic rings. The summed E-state index contributed by atoms with van der Waals surface area (Å²) in [7, 11) is 0. The lowest BCUT2D eigenvalue weighted by Crippen LogP contribution is -2.30. The highest BCUT2D eigenvalue weighted by atomic mass is 16.5. The Morgan fingerprint density at radius 3 is 2.78 bits per heavy atom. The molecule has 0 fully saturated rings. The number of aromatic nitrogens is 2. The van der Waals surface area contributed by atoms with Crippen molar-refractivity contribution in [3.63, 3.8) is 0 Å². The van der Waals surface area contributed by atoms with E-state index in [1.165, 1.54) is 0 Å². The van der Waals surface area contributed by atoms with Crippen molar-refractivity contribution in [3.05, 3.63) is 35.9 Å². The molecule has 0 saturated heterocycles. The van der Waals surface area contributed by atoms with Crippen LogP contribution in [0.1, 0.15) is 19.4 Å². The Hall–Kier alpha value is -2.14. The number of hydrogen-bond acceptors (Lipinski definition) is 5. The fourth-order valence-electron chi connectivity index (χ4n) is 2.20. The largest absolute Gasteiger partial charge is 0.482 e. The molecule has 18 heavy (non-hydrogen) atoms. The molecule has 0 radical (unpaired) electrons. The van der Waals surface area contributed by atoms with E-state index < -0.39 is 5.60 Å². The minimum Gasteiger partial charge on any atom is -0.482 e. The predicted octanol–water partition coefficient (Wildman–Crippen LogP) is 2.06. The normalized spacial score (nSPS) is 15.3. The van der Waals surface area contributed by atoms with E-state index in [9.17, 15) is 0 Å². The van der Waals surface area contributed by atoms with Gasteiger partial charge in [0.05, 0.1) is 0 Å². The molecule has 0 aliphatic carbocycles. The van der Waals surface area contributed by atoms with Gasteiger partial charge in [-0.3, -0.25) is 0 Å². The van der Waals surface area contributed by atoms with Crippen molar-refractivity contribution in [1.29, 1.82) is 0 Å². The number of nitrogen functional groups attached to an aromatic ring is 1. The molecule has 0 saturated carbocycles. The van der Waals surface area contributed by atoms with Crippen molar-refractivity contribution in [3.8, 4) is 17.0 Å². The molecule has 0 unspecified atom stereocenters. The fraction of sp³-hybridized carbons (Fsp3) is 0.231. The molecule has 1 aromatic heterocycles. The smallest absolute Gasteiger partial charge is 0.163 e. The van der Waals surface area contributed by atoms with Crippen LogP contribution in [0.3, 0.4) is 0 Å². The van der Waals surface area contributed by atoms with Crippen molar-refractivity contribution in [2.75, 3.05) is 5.43 Å². The summed E-state index contributed by atoms with van der Waals surface area (Å²) in [5.41, 5.74) is 4.84. The Morgan fingerprint density at radius 2 is 2.00 bits per heavy atom. The van der Waals surface area contributed by atoms with Crippen LogP contribution < -0.4 is 16.0 Å². The number of ether oxygens (including phenoxy) is 1. The average molecular weight is 242 g/mol. The van der Waals surface area contributed by atoms with Crippen LogP contribution in [0.5, 0.6) is 5.75 Å². The van der Waals surface area contributed by atoms with Crippen LogP contribution in [-0.4, -0.2) is 10.2 Å². The van der Waals surface area contributed by atoms with Crippen LogP contribution in [0, 0.1) is 0 Å². The molecule has 3 N–H and O–H groups in total. The second kappa shape index (κ2) is 3.68. The minimum absolute atomic E-state index is 0.453. The van der Waals surface area contributed by atoms with E-state index in [1.54, 1.807) is 0 Å². The Balaban J connectivity index is 2.28. The quantitative estimate of drug-likeness (QED) is 0.591. The molecule has 0 bridgehead atoms. The summed E-state index contributed by atoms with van der Waals surface area (Å²) >= 11 is 0. The predicted molar refractivity (Wildman–Crippen MR) is 68.9 cm³/mol. The van der Waals surface area contributed by atoms with Gasteiger partial charge < -0.3 is 10.2 Å². The van der Waals surface area contributed by atoms with E-state index in [2.05, 4.69) is 15.6 Å². The molecule has 1 aliphatic rings. The molecule has 0 spiro atoms. The van der Waals surface area contributed by atoms with Gasteiger partial charge in [-0.2, -0.15) is 0 Å². The summed E-state index contributed by atoms with van der Waals surface area (Å²) in [6.45, 7) is 4.01. The second-order valence-electron chi connectivity index (χ2n) is 4.74. The van der Waals surface area contributed by atoms with Gasteiger partial charge in [-0.1, -0.05) is 12.1 Å². The number of rotatable bonds is 1. The lowest BCUT2D eigenvalue weighted by atomic mass is 9.90. The zero-order valence-corrected chi connectivity index (χ0v) is 10.3. The van der Waals surface area contributed by atoms with Gasteiger partial charge >= 0.3 is 0 Å². The first-order chi connectivity index (χ1) is 8.62. The minimum atomic E-state index is -0.453. The zero-order valence-electron chi connectivity index (χ0n) is 10.3. The maximum absolute atomic E-state index is 6.01. The highest BCUT2D eigenvalue weighted by Crippen LogP contribution is 2.43. The SMILES string of the molecule is CC1(C)Oc2ccccc2-c2nnc(NN)cc21. The third kappa shape index (κ3) is 1.52. The molecule has 1 aliphatic heterocycles. The highest BCUT2D eigenvalue weighted by molar-refractivity contribution is 5.73. The van der Waals surface area contributed by atoms with Crippen LogP contribution in [0.15, 0.2) is 30.3 Å². The monoisotopic (exact) mass is 242 g/mol. The van der Waals surface area contributed by atoms with Crippen molar-refractivity contribution >= 4 is 5.82 Å². The number of nitrogens with one attached hydrogen (secondary N) is 1. The standard InChI is InChI=1S/C13H14N4O/c1-13(2)9-7-11(15-14)16-17-12(9)8-5-3-4-6-10(8)18-13/h3-7H,14H2,1-2H3,(H,15,16). The maximum atomic E-state index is 6.01. The van der Waals surface area contributed by atoms with Crippen LogP contribution in [-0.2, 0) is 5.60 Å². The molecule has 5 nitrogen and oxygen atoms in total. The molecule has 5 heteroatoms. The van der Waals surface area contributed by atoms with Crippen LogP contribution in [0.2, 0.25) is 0 Å². The summed E-state index contributed by atoms with van der Waals surface area (Å²) in [6, 6.07) is 9.70. The summed E-state index contributed by atoms with van der Waals surface area (Å²) in [6.07, 6.45) is 0. The first-order valence-electron chi connectivity index (χ1n) is 5.75. The summed E-state index contributed by atoms with van der Waals surface area (Å²) < 4.78 is 6.01. The van der Waals surface area contributed by atoms with Gasteiger partial charge in [0.15, 0.2) is 5.82 Å². The summed E-state index contributed by atoms with van der Waals surface area (Å²) in [4.78, 5) is 0. The van der Waals surface area contributed by atoms with Gasteiger partial charge in [-0.15, -0.1) is 10.2 Å². The number of fused-ring (bicyclic) bond motifs is 3. The van der Waals surface area contributed by atoms with Gasteiger partial charge in [0, 0.05) is 11.1 Å². The van der Waals surface area contributed by atoms with E-state index in [4.69, 9.17) is 10.6 Å². The molecule has 3 rings (SSSR count). The summed E-state index contributed by atoms with van der Waals surface area (Å²) in [5, 5.41) is 8.29. The van der Waals surface area contributed by atoms with E-state index in [1.807, 2.05) is 44.2 Å². The fourth-order valence-corrected chi connectivity index (χ4v) is 2.20. The lowest BCUT2D eigenvalue weighted by Gasteiger charge is -2.33. The number of para-hydroxylation sites is 1. The van der Waals surface area contributed by atoms with Gasteiger partial charge in [0.25, 0.3) is 0 Å². The number of hydrazine groups is 1. The third-order valence-electron chi connectivity index (χ3n) is 3.10. The van der Waals surface area contributed by atoms with Crippen molar-refractivity contribution < 1.29 is 4.74 Å². The van der Waals surface area contributed by atoms with E-state index in [0.717, 1.165) is 22.6 Å². The molecule has 0 atom stereocenters. The molecule has 1 aromatic carbocycles. The van der Waals surface area contributed by atoms with Gasteiger partial charge in [-0.05, 0) is 32.0 Å². The van der Waals surface area contributed by atoms with Gasteiger partial charge in [0.1, 0.15) is 17.0 Å². The van der Waals surface area contributed by atoms with E-state index in [0.29, 0.717) is 5.82 Å². The number of benzene rings is 1. The third-order valence-corrected chi connectivity index (χ3v) is 3.10. The van der Waals surface area contributed by atoms with Gasteiger partial charge in [0.2, 0.25) is 0 Å². The first kappa shape index (κ1) is 11.0. The Morgan fingerprint density at radius 1 is 1.22 bits per heavy atom. The Kier molecular flexibility index (Phi) is 2.24. The average Bonchev–Trinajstić information content (AvgIpc) is 2.38. The Labute approximate surface area is 105 Å². The lowest BCUT2D eigenvalue weighted by molar-refractivity contribution is 0.105. The molecule has 2 heterocycles. The van der Waals surface area contributed by atoms with Gasteiger partial charge in [-0.25, -0.2) is 5.84 Å².